The van der Waals surface area contributed by atoms with E-state index in [2.05, 4.69) is 5.32 Å². The molecule has 4 rings (SSSR count). The van der Waals surface area contributed by atoms with Crippen molar-refractivity contribution in [1.29, 1.82) is 0 Å². The summed E-state index contributed by atoms with van der Waals surface area (Å²) in [4.78, 5) is 40.8. The Balaban J connectivity index is 1.84. The molecule has 2 fully saturated rings. The lowest BCUT2D eigenvalue weighted by atomic mass is 9.76. The summed E-state index contributed by atoms with van der Waals surface area (Å²) < 4.78 is 19.1. The SMILES string of the molecule is COCCN1C(=O)[C@@H]2[C@H](CC(C)C)[NH2+][C@@]3(C(=O)Nc4ccc(F)cc43)[C@@H]2C1=O. The second-order valence-electron chi connectivity index (χ2n) is 8.30. The number of imide groups is 1. The molecule has 1 spiro atoms. The molecule has 0 unspecified atom stereocenters. The Kier molecular flexibility index (Phi) is 4.50. The number of nitrogens with two attached hydrogens (primary N) is 1. The Morgan fingerprint density at radius 1 is 1.29 bits per heavy atom. The van der Waals surface area contributed by atoms with Crippen LogP contribution >= 0.6 is 0 Å². The molecule has 4 atom stereocenters. The topological polar surface area (TPSA) is 92.3 Å². The number of methoxy groups -OCH3 is 1. The van der Waals surface area contributed by atoms with E-state index in [0.717, 1.165) is 0 Å². The first-order valence-electron chi connectivity index (χ1n) is 9.63. The molecular weight excluding hydrogens is 365 g/mol. The zero-order valence-corrected chi connectivity index (χ0v) is 16.2. The number of quaternary nitrogens is 1. The second kappa shape index (κ2) is 6.63. The number of fused-ring (bicyclic) bond motifs is 4. The summed E-state index contributed by atoms with van der Waals surface area (Å²) in [6.07, 6.45) is 0.679. The van der Waals surface area contributed by atoms with Crippen LogP contribution in [0.3, 0.4) is 0 Å². The van der Waals surface area contributed by atoms with Crippen molar-refractivity contribution in [3.63, 3.8) is 0 Å². The van der Waals surface area contributed by atoms with Gasteiger partial charge in [-0.15, -0.1) is 0 Å². The molecule has 0 aromatic heterocycles. The highest BCUT2D eigenvalue weighted by molar-refractivity contribution is 6.13. The molecule has 3 aliphatic rings. The van der Waals surface area contributed by atoms with Crippen LogP contribution < -0.4 is 10.6 Å². The summed E-state index contributed by atoms with van der Waals surface area (Å²) in [6.45, 7) is 4.48. The van der Waals surface area contributed by atoms with Crippen molar-refractivity contribution in [2.75, 3.05) is 25.6 Å². The molecule has 0 aliphatic carbocycles. The number of rotatable bonds is 5. The highest BCUT2D eigenvalue weighted by Gasteiger charge is 2.74. The lowest BCUT2D eigenvalue weighted by molar-refractivity contribution is -0.734. The van der Waals surface area contributed by atoms with Crippen LogP contribution in [0, 0.1) is 23.6 Å². The van der Waals surface area contributed by atoms with Crippen molar-refractivity contribution < 1.29 is 28.8 Å². The van der Waals surface area contributed by atoms with E-state index in [1.54, 1.807) is 0 Å². The molecule has 3 amide bonds. The fraction of sp³-hybridized carbons (Fsp3) is 0.550. The summed E-state index contributed by atoms with van der Waals surface area (Å²) in [5.41, 5.74) is -0.355. The molecular formula is C20H25FN3O4+. The predicted molar refractivity (Wildman–Crippen MR) is 97.5 cm³/mol. The Hall–Kier alpha value is -2.32. The number of hydrogen-bond acceptors (Lipinski definition) is 4. The molecule has 0 radical (unpaired) electrons. The maximum absolute atomic E-state index is 14.1. The van der Waals surface area contributed by atoms with Crippen molar-refractivity contribution in [2.45, 2.75) is 31.8 Å². The van der Waals surface area contributed by atoms with Crippen molar-refractivity contribution in [3.8, 4) is 0 Å². The number of anilines is 1. The van der Waals surface area contributed by atoms with Gasteiger partial charge >= 0.3 is 0 Å². The van der Waals surface area contributed by atoms with Gasteiger partial charge in [-0.05, 0) is 24.1 Å². The summed E-state index contributed by atoms with van der Waals surface area (Å²) in [7, 11) is 1.51. The molecule has 3 heterocycles. The number of ether oxygens (including phenoxy) is 1. The third-order valence-corrected chi connectivity index (χ3v) is 6.18. The minimum absolute atomic E-state index is 0.156. The molecule has 1 aromatic rings. The zero-order valence-electron chi connectivity index (χ0n) is 16.2. The molecule has 7 nitrogen and oxygen atoms in total. The van der Waals surface area contributed by atoms with Crippen LogP contribution in [0.1, 0.15) is 25.8 Å². The Labute approximate surface area is 162 Å². The van der Waals surface area contributed by atoms with Crippen LogP contribution in [0.15, 0.2) is 18.2 Å². The number of amides is 3. The molecule has 1 aromatic carbocycles. The van der Waals surface area contributed by atoms with E-state index in [-0.39, 0.29) is 42.8 Å². The Bertz CT molecular complexity index is 858. The van der Waals surface area contributed by atoms with Gasteiger partial charge in [-0.25, -0.2) is 4.39 Å². The molecule has 3 aliphatic heterocycles. The second-order valence-corrected chi connectivity index (χ2v) is 8.30. The smallest absolute Gasteiger partial charge is 0.291 e. The van der Waals surface area contributed by atoms with Crippen molar-refractivity contribution in [1.82, 2.24) is 4.90 Å². The van der Waals surface area contributed by atoms with Crippen molar-refractivity contribution in [3.05, 3.63) is 29.6 Å². The average molecular weight is 390 g/mol. The first-order chi connectivity index (χ1) is 13.3. The van der Waals surface area contributed by atoms with Crippen LogP contribution in [-0.4, -0.2) is 48.9 Å². The van der Waals surface area contributed by atoms with Gasteiger partial charge in [-0.3, -0.25) is 19.3 Å². The minimum atomic E-state index is -1.31. The lowest BCUT2D eigenvalue weighted by Crippen LogP contribution is -2.99. The monoisotopic (exact) mass is 390 g/mol. The number of halogens is 1. The van der Waals surface area contributed by atoms with Crippen LogP contribution in [0.2, 0.25) is 0 Å². The molecule has 150 valence electrons. The minimum Gasteiger partial charge on any atom is -0.383 e. The Morgan fingerprint density at radius 3 is 2.71 bits per heavy atom. The van der Waals surface area contributed by atoms with Gasteiger partial charge in [-0.1, -0.05) is 13.8 Å². The normalized spacial score (nSPS) is 31.1. The molecule has 8 heteroatoms. The summed E-state index contributed by atoms with van der Waals surface area (Å²) in [5, 5.41) is 4.63. The molecule has 2 saturated heterocycles. The summed E-state index contributed by atoms with van der Waals surface area (Å²) in [5.74, 6) is -2.63. The van der Waals surface area contributed by atoms with E-state index in [4.69, 9.17) is 4.74 Å². The van der Waals surface area contributed by atoms with Crippen molar-refractivity contribution in [2.24, 2.45) is 17.8 Å². The van der Waals surface area contributed by atoms with Gasteiger partial charge in [0, 0.05) is 19.1 Å². The fourth-order valence-corrected chi connectivity index (χ4v) is 5.16. The van der Waals surface area contributed by atoms with Crippen LogP contribution in [0.5, 0.6) is 0 Å². The number of benzene rings is 1. The molecule has 0 saturated carbocycles. The number of carbonyl (C=O) groups is 3. The number of carbonyl (C=O) groups excluding carboxylic acids is 3. The van der Waals surface area contributed by atoms with Crippen LogP contribution in [-0.2, 0) is 24.7 Å². The van der Waals surface area contributed by atoms with Crippen molar-refractivity contribution >= 4 is 23.4 Å². The standard InChI is InChI=1S/C20H24FN3O4/c1-10(2)8-14-15-16(18(26)24(17(15)25)6-7-28-3)20(23-14)12-9-11(21)4-5-13(12)22-19(20)27/h4-5,9-10,14-16,23H,6-8H2,1-3H3,(H,22,27)/p+1/t14-,15+,16-,20+/m0/s1. The van der Waals surface area contributed by atoms with Crippen LogP contribution in [0.4, 0.5) is 10.1 Å². The highest BCUT2D eigenvalue weighted by Crippen LogP contribution is 2.49. The third-order valence-electron chi connectivity index (χ3n) is 6.18. The third kappa shape index (κ3) is 2.51. The number of hydrogen-bond donors (Lipinski definition) is 2. The molecule has 3 N–H and O–H groups in total. The predicted octanol–water partition coefficient (Wildman–Crippen LogP) is 0.212. The quantitative estimate of drug-likeness (QED) is 0.704. The van der Waals surface area contributed by atoms with E-state index in [0.29, 0.717) is 17.7 Å². The van der Waals surface area contributed by atoms with Gasteiger partial charge in [-0.2, -0.15) is 0 Å². The Morgan fingerprint density at radius 2 is 2.04 bits per heavy atom. The maximum atomic E-state index is 14.1. The van der Waals surface area contributed by atoms with E-state index >= 15 is 0 Å². The average Bonchev–Trinajstić information content (AvgIpc) is 3.19. The van der Waals surface area contributed by atoms with Gasteiger partial charge in [0.25, 0.3) is 5.91 Å². The molecule has 28 heavy (non-hydrogen) atoms. The zero-order chi connectivity index (χ0) is 20.2. The lowest BCUT2D eigenvalue weighted by Gasteiger charge is -2.26. The fourth-order valence-electron chi connectivity index (χ4n) is 5.16. The number of nitrogens with zero attached hydrogens (tertiary/aromatic N) is 1. The largest absolute Gasteiger partial charge is 0.383 e. The summed E-state index contributed by atoms with van der Waals surface area (Å²) >= 11 is 0. The maximum Gasteiger partial charge on any atom is 0.291 e. The van der Waals surface area contributed by atoms with E-state index in [1.165, 1.54) is 30.2 Å². The van der Waals surface area contributed by atoms with Gasteiger partial charge < -0.3 is 15.4 Å². The van der Waals surface area contributed by atoms with Gasteiger partial charge in [0.15, 0.2) is 0 Å². The van der Waals surface area contributed by atoms with E-state index in [9.17, 15) is 18.8 Å². The number of nitrogens with one attached hydrogen (secondary N) is 1. The van der Waals surface area contributed by atoms with Crippen LogP contribution in [0.25, 0.3) is 0 Å². The van der Waals surface area contributed by atoms with Gasteiger partial charge in [0.05, 0.1) is 18.8 Å². The highest BCUT2D eigenvalue weighted by atomic mass is 19.1. The van der Waals surface area contributed by atoms with Gasteiger partial charge in [0.2, 0.25) is 17.4 Å². The summed E-state index contributed by atoms with van der Waals surface area (Å²) in [6, 6.07) is 3.88. The van der Waals surface area contributed by atoms with E-state index in [1.807, 2.05) is 19.2 Å². The number of likely N-dealkylation sites (tertiary alicyclic amines) is 1. The van der Waals surface area contributed by atoms with Gasteiger partial charge in [0.1, 0.15) is 23.7 Å². The molecule has 0 bridgehead atoms. The first kappa shape index (κ1) is 19.0. The first-order valence-corrected chi connectivity index (χ1v) is 9.63. The van der Waals surface area contributed by atoms with E-state index < -0.39 is 23.2 Å².